The molecule has 0 aromatic heterocycles. The zero-order chi connectivity index (χ0) is 21.4. The first-order chi connectivity index (χ1) is 13.7. The first-order valence-corrected chi connectivity index (χ1v) is 9.69. The van der Waals surface area contributed by atoms with Crippen LogP contribution in [0, 0.1) is 5.92 Å². The minimum Gasteiger partial charge on any atom is -0.468 e. The monoisotopic (exact) mass is 404 g/mol. The van der Waals surface area contributed by atoms with Gasteiger partial charge in [-0.2, -0.15) is 0 Å². The number of hydrogen-bond acceptors (Lipinski definition) is 7. The van der Waals surface area contributed by atoms with E-state index in [4.69, 9.17) is 14.2 Å². The Bertz CT molecular complexity index is 823. The maximum Gasteiger partial charge on any atom is 0.323 e. The second-order valence-electron chi connectivity index (χ2n) is 7.99. The average Bonchev–Trinajstić information content (AvgIpc) is 3.18. The number of amides is 1. The van der Waals surface area contributed by atoms with Crippen LogP contribution in [0.25, 0.3) is 0 Å². The van der Waals surface area contributed by atoms with E-state index in [0.717, 1.165) is 0 Å². The molecule has 1 aromatic carbocycles. The lowest BCUT2D eigenvalue weighted by molar-refractivity contribution is -0.158. The predicted molar refractivity (Wildman–Crippen MR) is 105 cm³/mol. The summed E-state index contributed by atoms with van der Waals surface area (Å²) < 4.78 is 15.8. The van der Waals surface area contributed by atoms with Crippen LogP contribution < -0.4 is 10.6 Å². The third-order valence-corrected chi connectivity index (χ3v) is 5.99. The number of ether oxygens (including phenoxy) is 3. The summed E-state index contributed by atoms with van der Waals surface area (Å²) in [5.74, 6) is -2.64. The standard InChI is InChI=1S/C21H28N2O6/c1-6-29-17(24)15-16(18(25)27-4)23-14(11-20(2,3)28-5)21(15)12-9-7-8-10-13(12)22-19(21)26/h7-10,14-16,23H,6,11H2,1-5H3,(H,22,26)/t14-,15+,16+,21-/m0/s1. The van der Waals surface area contributed by atoms with Gasteiger partial charge in [-0.05, 0) is 38.8 Å². The number of carbonyl (C=O) groups is 3. The number of para-hydroxylation sites is 1. The van der Waals surface area contributed by atoms with E-state index in [1.807, 2.05) is 32.0 Å². The summed E-state index contributed by atoms with van der Waals surface area (Å²) in [6.45, 7) is 5.61. The van der Waals surface area contributed by atoms with Crippen molar-refractivity contribution in [2.45, 2.75) is 50.3 Å². The van der Waals surface area contributed by atoms with Crippen LogP contribution >= 0.6 is 0 Å². The molecule has 0 aliphatic carbocycles. The van der Waals surface area contributed by atoms with Crippen LogP contribution in [-0.4, -0.2) is 56.4 Å². The Morgan fingerprint density at radius 2 is 1.86 bits per heavy atom. The van der Waals surface area contributed by atoms with Crippen LogP contribution in [0.4, 0.5) is 5.69 Å². The topological polar surface area (TPSA) is 103 Å². The smallest absolute Gasteiger partial charge is 0.323 e. The van der Waals surface area contributed by atoms with E-state index in [1.165, 1.54) is 7.11 Å². The molecule has 0 saturated carbocycles. The Kier molecular flexibility index (Phi) is 5.69. The molecule has 8 heteroatoms. The van der Waals surface area contributed by atoms with Gasteiger partial charge in [0.05, 0.1) is 19.3 Å². The first-order valence-electron chi connectivity index (χ1n) is 9.69. The van der Waals surface area contributed by atoms with Crippen LogP contribution in [0.3, 0.4) is 0 Å². The molecular formula is C21H28N2O6. The molecule has 1 aromatic rings. The van der Waals surface area contributed by atoms with Crippen molar-refractivity contribution >= 4 is 23.5 Å². The van der Waals surface area contributed by atoms with Gasteiger partial charge in [-0.3, -0.25) is 19.7 Å². The van der Waals surface area contributed by atoms with Crippen molar-refractivity contribution in [3.05, 3.63) is 29.8 Å². The average molecular weight is 404 g/mol. The molecule has 2 aliphatic heterocycles. The van der Waals surface area contributed by atoms with Crippen molar-refractivity contribution in [1.82, 2.24) is 5.32 Å². The molecule has 0 bridgehead atoms. The fraction of sp³-hybridized carbons (Fsp3) is 0.571. The quantitative estimate of drug-likeness (QED) is 0.691. The Labute approximate surface area is 170 Å². The summed E-state index contributed by atoms with van der Waals surface area (Å²) in [4.78, 5) is 39.2. The molecule has 0 unspecified atom stereocenters. The molecule has 4 atom stereocenters. The molecule has 1 fully saturated rings. The molecule has 3 rings (SSSR count). The van der Waals surface area contributed by atoms with Gasteiger partial charge >= 0.3 is 11.9 Å². The molecule has 2 N–H and O–H groups in total. The molecule has 158 valence electrons. The number of benzene rings is 1. The maximum atomic E-state index is 13.5. The van der Waals surface area contributed by atoms with Crippen molar-refractivity contribution < 1.29 is 28.6 Å². The SMILES string of the molecule is CCOC(=O)[C@H]1[C@H](C(=O)OC)N[C@@H](CC(C)(C)OC)[C@]12C(=O)Nc1ccccc12. The van der Waals surface area contributed by atoms with E-state index in [0.29, 0.717) is 17.7 Å². The minimum absolute atomic E-state index is 0.136. The highest BCUT2D eigenvalue weighted by Crippen LogP contribution is 2.52. The van der Waals surface area contributed by atoms with Gasteiger partial charge in [0.25, 0.3) is 0 Å². The number of rotatable bonds is 6. The van der Waals surface area contributed by atoms with Crippen LogP contribution in [0.15, 0.2) is 24.3 Å². The normalized spacial score (nSPS) is 28.2. The molecule has 29 heavy (non-hydrogen) atoms. The van der Waals surface area contributed by atoms with Crippen molar-refractivity contribution in [2.75, 3.05) is 26.1 Å². The number of hydrogen-bond donors (Lipinski definition) is 2. The van der Waals surface area contributed by atoms with Gasteiger partial charge < -0.3 is 19.5 Å². The summed E-state index contributed by atoms with van der Waals surface area (Å²) in [6, 6.07) is 5.65. The highest BCUT2D eigenvalue weighted by Gasteiger charge is 2.68. The van der Waals surface area contributed by atoms with E-state index >= 15 is 0 Å². The molecule has 1 spiro atoms. The zero-order valence-corrected chi connectivity index (χ0v) is 17.4. The van der Waals surface area contributed by atoms with E-state index < -0.39 is 41.0 Å². The fourth-order valence-corrected chi connectivity index (χ4v) is 4.56. The highest BCUT2D eigenvalue weighted by molar-refractivity contribution is 6.11. The Balaban J connectivity index is 2.23. The van der Waals surface area contributed by atoms with Gasteiger partial charge in [0.2, 0.25) is 5.91 Å². The number of fused-ring (bicyclic) bond motifs is 2. The van der Waals surface area contributed by atoms with Gasteiger partial charge in [0, 0.05) is 18.8 Å². The summed E-state index contributed by atoms with van der Waals surface area (Å²) in [6.07, 6.45) is 0.384. The van der Waals surface area contributed by atoms with Crippen molar-refractivity contribution in [2.24, 2.45) is 5.92 Å². The number of esters is 2. The number of anilines is 1. The summed E-state index contributed by atoms with van der Waals surface area (Å²) in [5, 5.41) is 6.10. The molecule has 0 radical (unpaired) electrons. The number of nitrogens with one attached hydrogen (secondary N) is 2. The van der Waals surface area contributed by atoms with Crippen molar-refractivity contribution in [3.8, 4) is 0 Å². The maximum absolute atomic E-state index is 13.5. The largest absolute Gasteiger partial charge is 0.468 e. The van der Waals surface area contributed by atoms with E-state index in [1.54, 1.807) is 20.1 Å². The Morgan fingerprint density at radius 3 is 2.48 bits per heavy atom. The summed E-state index contributed by atoms with van der Waals surface area (Å²) in [7, 11) is 2.85. The van der Waals surface area contributed by atoms with Crippen LogP contribution in [-0.2, 0) is 34.0 Å². The van der Waals surface area contributed by atoms with E-state index in [-0.39, 0.29) is 12.5 Å². The molecule has 2 heterocycles. The molecule has 2 aliphatic rings. The number of methoxy groups -OCH3 is 2. The van der Waals surface area contributed by atoms with Crippen LogP contribution in [0.1, 0.15) is 32.8 Å². The summed E-state index contributed by atoms with van der Waals surface area (Å²) >= 11 is 0. The van der Waals surface area contributed by atoms with Crippen molar-refractivity contribution in [3.63, 3.8) is 0 Å². The molecule has 8 nitrogen and oxygen atoms in total. The van der Waals surface area contributed by atoms with E-state index in [2.05, 4.69) is 10.6 Å². The van der Waals surface area contributed by atoms with Crippen molar-refractivity contribution in [1.29, 1.82) is 0 Å². The summed E-state index contributed by atoms with van der Waals surface area (Å²) in [5.41, 5.74) is -0.636. The molecule has 1 saturated heterocycles. The fourth-order valence-electron chi connectivity index (χ4n) is 4.56. The van der Waals surface area contributed by atoms with Gasteiger partial charge in [-0.25, -0.2) is 0 Å². The second-order valence-corrected chi connectivity index (χ2v) is 7.99. The third-order valence-electron chi connectivity index (χ3n) is 5.99. The van der Waals surface area contributed by atoms with Crippen LogP contribution in [0.2, 0.25) is 0 Å². The van der Waals surface area contributed by atoms with Gasteiger partial charge in [0.1, 0.15) is 17.4 Å². The lowest BCUT2D eigenvalue weighted by Crippen LogP contribution is -2.53. The van der Waals surface area contributed by atoms with E-state index in [9.17, 15) is 14.4 Å². The molecular weight excluding hydrogens is 376 g/mol. The molecule has 1 amide bonds. The number of carbonyl (C=O) groups excluding carboxylic acids is 3. The van der Waals surface area contributed by atoms with Gasteiger partial charge in [-0.15, -0.1) is 0 Å². The Morgan fingerprint density at radius 1 is 1.17 bits per heavy atom. The second kappa shape index (κ2) is 7.76. The van der Waals surface area contributed by atoms with Gasteiger partial charge in [-0.1, -0.05) is 18.2 Å². The first kappa shape index (κ1) is 21.3. The Hall–Kier alpha value is -2.45. The lowest BCUT2D eigenvalue weighted by atomic mass is 9.65. The zero-order valence-electron chi connectivity index (χ0n) is 17.4. The third kappa shape index (κ3) is 3.30. The lowest BCUT2D eigenvalue weighted by Gasteiger charge is -2.36. The highest BCUT2D eigenvalue weighted by atomic mass is 16.5. The minimum atomic E-state index is -1.32. The van der Waals surface area contributed by atoms with Crippen LogP contribution in [0.5, 0.6) is 0 Å². The predicted octanol–water partition coefficient (Wildman–Crippen LogP) is 1.38. The van der Waals surface area contributed by atoms with Gasteiger partial charge in [0.15, 0.2) is 0 Å².